The average molecular weight is 282 g/mol. The normalized spacial score (nSPS) is 20.0. The quantitative estimate of drug-likeness (QED) is 0.660. The SMILES string of the molecule is C=C(C)[C@@H]1CC=C(C)/C(=N/NC(=O)c2cccc(C)c2)C1. The fraction of sp³-hybridized carbons (Fsp3) is 0.333. The molecule has 0 bridgehead atoms. The highest BCUT2D eigenvalue weighted by Crippen LogP contribution is 2.26. The molecule has 0 heterocycles. The van der Waals surface area contributed by atoms with E-state index in [1.54, 1.807) is 6.07 Å². The first-order valence-electron chi connectivity index (χ1n) is 7.23. The van der Waals surface area contributed by atoms with Crippen LogP contribution in [0.2, 0.25) is 0 Å². The monoisotopic (exact) mass is 282 g/mol. The zero-order valence-corrected chi connectivity index (χ0v) is 12.9. The summed E-state index contributed by atoms with van der Waals surface area (Å²) in [5.41, 5.74) is 7.60. The van der Waals surface area contributed by atoms with Gasteiger partial charge in [0.05, 0.1) is 5.71 Å². The molecule has 1 aromatic carbocycles. The van der Waals surface area contributed by atoms with Gasteiger partial charge in [-0.3, -0.25) is 4.79 Å². The molecular weight excluding hydrogens is 260 g/mol. The summed E-state index contributed by atoms with van der Waals surface area (Å²) < 4.78 is 0. The lowest BCUT2D eigenvalue weighted by Crippen LogP contribution is -2.23. The number of hydrogen-bond acceptors (Lipinski definition) is 2. The van der Waals surface area contributed by atoms with Crippen LogP contribution in [0.25, 0.3) is 0 Å². The molecule has 3 heteroatoms. The summed E-state index contributed by atoms with van der Waals surface area (Å²) in [6, 6.07) is 7.49. The van der Waals surface area contributed by atoms with Gasteiger partial charge < -0.3 is 0 Å². The number of carbonyl (C=O) groups excluding carboxylic acids is 1. The van der Waals surface area contributed by atoms with E-state index >= 15 is 0 Å². The van der Waals surface area contributed by atoms with E-state index in [1.165, 1.54) is 0 Å². The van der Waals surface area contributed by atoms with E-state index in [9.17, 15) is 4.79 Å². The topological polar surface area (TPSA) is 41.5 Å². The molecule has 0 aliphatic heterocycles. The summed E-state index contributed by atoms with van der Waals surface area (Å²) in [5.74, 6) is 0.250. The third kappa shape index (κ3) is 3.91. The smallest absolute Gasteiger partial charge is 0.267 e. The van der Waals surface area contributed by atoms with Crippen LogP contribution in [-0.4, -0.2) is 11.6 Å². The van der Waals surface area contributed by atoms with Crippen molar-refractivity contribution in [2.45, 2.75) is 33.6 Å². The van der Waals surface area contributed by atoms with Crippen molar-refractivity contribution in [3.63, 3.8) is 0 Å². The van der Waals surface area contributed by atoms with Gasteiger partial charge in [0, 0.05) is 5.56 Å². The minimum atomic E-state index is -0.170. The number of allylic oxidation sites excluding steroid dienone is 3. The Labute approximate surface area is 126 Å². The van der Waals surface area contributed by atoms with Gasteiger partial charge in [0.15, 0.2) is 0 Å². The lowest BCUT2D eigenvalue weighted by atomic mass is 9.85. The fourth-order valence-corrected chi connectivity index (χ4v) is 2.39. The number of hydrazone groups is 1. The van der Waals surface area contributed by atoms with Crippen LogP contribution in [0.15, 0.2) is 53.2 Å². The molecule has 1 amide bonds. The highest BCUT2D eigenvalue weighted by atomic mass is 16.2. The summed E-state index contributed by atoms with van der Waals surface area (Å²) in [6.45, 7) is 10.1. The van der Waals surface area contributed by atoms with E-state index in [4.69, 9.17) is 0 Å². The number of nitrogens with one attached hydrogen (secondary N) is 1. The highest BCUT2D eigenvalue weighted by molar-refractivity contribution is 6.02. The molecule has 0 radical (unpaired) electrons. The molecule has 0 unspecified atom stereocenters. The predicted molar refractivity (Wildman–Crippen MR) is 87.4 cm³/mol. The zero-order chi connectivity index (χ0) is 15.4. The summed E-state index contributed by atoms with van der Waals surface area (Å²) in [5, 5.41) is 4.31. The first kappa shape index (κ1) is 15.2. The Morgan fingerprint density at radius 3 is 2.81 bits per heavy atom. The first-order valence-corrected chi connectivity index (χ1v) is 7.23. The second kappa shape index (κ2) is 6.53. The molecule has 110 valence electrons. The Hall–Kier alpha value is -2.16. The van der Waals surface area contributed by atoms with E-state index in [1.807, 2.05) is 39.0 Å². The van der Waals surface area contributed by atoms with Crippen molar-refractivity contribution < 1.29 is 4.79 Å². The van der Waals surface area contributed by atoms with E-state index in [0.29, 0.717) is 11.5 Å². The van der Waals surface area contributed by atoms with E-state index in [2.05, 4.69) is 23.2 Å². The van der Waals surface area contributed by atoms with Gasteiger partial charge in [-0.05, 0) is 57.2 Å². The molecule has 0 saturated carbocycles. The number of rotatable bonds is 3. The average Bonchev–Trinajstić information content (AvgIpc) is 2.45. The van der Waals surface area contributed by atoms with Crippen molar-refractivity contribution >= 4 is 11.6 Å². The number of aryl methyl sites for hydroxylation is 1. The summed E-state index contributed by atoms with van der Waals surface area (Å²) in [6.07, 6.45) is 4.01. The molecule has 1 atom stereocenters. The third-order valence-corrected chi connectivity index (χ3v) is 3.87. The number of carbonyl (C=O) groups is 1. The van der Waals surface area contributed by atoms with Gasteiger partial charge in [-0.1, -0.05) is 35.9 Å². The molecule has 1 aliphatic rings. The van der Waals surface area contributed by atoms with Crippen molar-refractivity contribution in [3.05, 3.63) is 59.2 Å². The van der Waals surface area contributed by atoms with E-state index in [-0.39, 0.29) is 5.91 Å². The van der Waals surface area contributed by atoms with Crippen LogP contribution in [0.4, 0.5) is 0 Å². The third-order valence-electron chi connectivity index (χ3n) is 3.87. The molecule has 3 nitrogen and oxygen atoms in total. The summed E-state index contributed by atoms with van der Waals surface area (Å²) in [7, 11) is 0. The Morgan fingerprint density at radius 2 is 2.14 bits per heavy atom. The molecule has 1 N–H and O–H groups in total. The predicted octanol–water partition coefficient (Wildman–Crippen LogP) is 4.01. The van der Waals surface area contributed by atoms with Crippen LogP contribution in [0.1, 0.15) is 42.6 Å². The van der Waals surface area contributed by atoms with Gasteiger partial charge in [-0.2, -0.15) is 5.10 Å². The lowest BCUT2D eigenvalue weighted by Gasteiger charge is -2.22. The van der Waals surface area contributed by atoms with Crippen molar-refractivity contribution in [1.82, 2.24) is 5.43 Å². The van der Waals surface area contributed by atoms with Gasteiger partial charge in [0.2, 0.25) is 0 Å². The van der Waals surface area contributed by atoms with Gasteiger partial charge in [0.25, 0.3) is 5.91 Å². The maximum Gasteiger partial charge on any atom is 0.271 e. The fourth-order valence-electron chi connectivity index (χ4n) is 2.39. The first-order chi connectivity index (χ1) is 9.97. The molecule has 0 saturated heterocycles. The minimum Gasteiger partial charge on any atom is -0.267 e. The van der Waals surface area contributed by atoms with Gasteiger partial charge >= 0.3 is 0 Å². The van der Waals surface area contributed by atoms with Crippen LogP contribution >= 0.6 is 0 Å². The van der Waals surface area contributed by atoms with Crippen LogP contribution < -0.4 is 5.43 Å². The standard InChI is InChI=1S/C18H22N2O/c1-12(2)15-9-8-14(4)17(11-15)19-20-18(21)16-7-5-6-13(3)10-16/h5-8,10,15H,1,9,11H2,2-4H3,(H,20,21)/b19-17+/t15-/m1/s1. The number of amides is 1. The lowest BCUT2D eigenvalue weighted by molar-refractivity contribution is 0.0954. The molecule has 2 rings (SSSR count). The molecule has 1 aliphatic carbocycles. The van der Waals surface area contributed by atoms with Crippen molar-refractivity contribution in [2.24, 2.45) is 11.0 Å². The van der Waals surface area contributed by atoms with Crippen molar-refractivity contribution in [3.8, 4) is 0 Å². The van der Waals surface area contributed by atoms with Crippen molar-refractivity contribution in [2.75, 3.05) is 0 Å². The van der Waals surface area contributed by atoms with Crippen LogP contribution in [0.5, 0.6) is 0 Å². The van der Waals surface area contributed by atoms with Crippen LogP contribution in [-0.2, 0) is 0 Å². The number of benzene rings is 1. The Kier molecular flexibility index (Phi) is 4.73. The Balaban J connectivity index is 2.09. The van der Waals surface area contributed by atoms with E-state index < -0.39 is 0 Å². The number of hydrogen-bond donors (Lipinski definition) is 1. The zero-order valence-electron chi connectivity index (χ0n) is 12.9. The Bertz CT molecular complexity index is 626. The Morgan fingerprint density at radius 1 is 1.38 bits per heavy atom. The van der Waals surface area contributed by atoms with Gasteiger partial charge in [-0.25, -0.2) is 5.43 Å². The van der Waals surface area contributed by atoms with Crippen LogP contribution in [0.3, 0.4) is 0 Å². The highest BCUT2D eigenvalue weighted by Gasteiger charge is 2.18. The molecule has 0 fully saturated rings. The second-order valence-corrected chi connectivity index (χ2v) is 5.74. The minimum absolute atomic E-state index is 0.170. The summed E-state index contributed by atoms with van der Waals surface area (Å²) >= 11 is 0. The van der Waals surface area contributed by atoms with Crippen LogP contribution in [0, 0.1) is 12.8 Å². The van der Waals surface area contributed by atoms with Gasteiger partial charge in [0.1, 0.15) is 0 Å². The number of nitrogens with zero attached hydrogens (tertiary/aromatic N) is 1. The maximum atomic E-state index is 12.1. The summed E-state index contributed by atoms with van der Waals surface area (Å²) in [4.78, 5) is 12.1. The molecule has 1 aromatic rings. The van der Waals surface area contributed by atoms with Gasteiger partial charge in [-0.15, -0.1) is 0 Å². The molecule has 0 aromatic heterocycles. The van der Waals surface area contributed by atoms with Crippen molar-refractivity contribution in [1.29, 1.82) is 0 Å². The molecule has 0 spiro atoms. The van der Waals surface area contributed by atoms with E-state index in [0.717, 1.165) is 35.3 Å². The molecule has 21 heavy (non-hydrogen) atoms. The maximum absolute atomic E-state index is 12.1. The molecular formula is C18H22N2O. The second-order valence-electron chi connectivity index (χ2n) is 5.74. The largest absolute Gasteiger partial charge is 0.271 e.